The molecule has 1 amide bonds. The number of aryl methyl sites for hydroxylation is 1. The molecular weight excluding hydrogens is 288 g/mol. The Morgan fingerprint density at radius 3 is 2.30 bits per heavy atom. The summed E-state index contributed by atoms with van der Waals surface area (Å²) in [6.07, 6.45) is 0. The van der Waals surface area contributed by atoms with Crippen LogP contribution in [0.15, 0.2) is 15.4 Å². The molecule has 9 heteroatoms. The van der Waals surface area contributed by atoms with Gasteiger partial charge in [0.2, 0.25) is 10.0 Å². The summed E-state index contributed by atoms with van der Waals surface area (Å²) in [4.78, 5) is 22.5. The minimum absolute atomic E-state index is 0.0333. The SMILES string of the molecule is Cc1oc(C(=O)NC(C(=O)O)C(C)C)cc1S(N)(=O)=O. The van der Waals surface area contributed by atoms with E-state index in [9.17, 15) is 18.0 Å². The van der Waals surface area contributed by atoms with Gasteiger partial charge in [-0.25, -0.2) is 18.4 Å². The monoisotopic (exact) mass is 304 g/mol. The molecule has 4 N–H and O–H groups in total. The van der Waals surface area contributed by atoms with Gasteiger partial charge in [-0.3, -0.25) is 4.79 Å². The summed E-state index contributed by atoms with van der Waals surface area (Å²) < 4.78 is 27.4. The Balaban J connectivity index is 3.02. The Kier molecular flexibility index (Phi) is 4.56. The summed E-state index contributed by atoms with van der Waals surface area (Å²) in [5.41, 5.74) is 0. The minimum atomic E-state index is -4.00. The molecule has 0 spiro atoms. The molecule has 1 atom stereocenters. The Bertz CT molecular complexity index is 631. The second-order valence-electron chi connectivity index (χ2n) is 4.61. The fourth-order valence-corrected chi connectivity index (χ4v) is 2.30. The van der Waals surface area contributed by atoms with Crippen LogP contribution in [0.3, 0.4) is 0 Å². The van der Waals surface area contributed by atoms with E-state index < -0.39 is 27.9 Å². The number of rotatable bonds is 5. The molecule has 0 aliphatic heterocycles. The van der Waals surface area contributed by atoms with Crippen LogP contribution in [0.5, 0.6) is 0 Å². The number of carbonyl (C=O) groups is 2. The molecule has 1 rings (SSSR count). The highest BCUT2D eigenvalue weighted by atomic mass is 32.2. The fourth-order valence-electron chi connectivity index (χ4n) is 1.59. The summed E-state index contributed by atoms with van der Waals surface area (Å²) in [7, 11) is -4.00. The van der Waals surface area contributed by atoms with Crippen LogP contribution in [-0.4, -0.2) is 31.4 Å². The molecule has 1 unspecified atom stereocenters. The number of primary sulfonamides is 1. The van der Waals surface area contributed by atoms with Crippen LogP contribution in [0, 0.1) is 12.8 Å². The molecule has 0 radical (unpaired) electrons. The van der Waals surface area contributed by atoms with Crippen LogP contribution in [0.4, 0.5) is 0 Å². The number of carboxylic acid groups (broad SMARTS) is 1. The van der Waals surface area contributed by atoms with E-state index in [1.807, 2.05) is 0 Å². The normalized spacial score (nSPS) is 13.2. The van der Waals surface area contributed by atoms with Crippen molar-refractivity contribution < 1.29 is 27.5 Å². The van der Waals surface area contributed by atoms with Crippen molar-refractivity contribution in [3.63, 3.8) is 0 Å². The van der Waals surface area contributed by atoms with Gasteiger partial charge in [-0.15, -0.1) is 0 Å². The Hall–Kier alpha value is -1.87. The molecule has 0 saturated heterocycles. The van der Waals surface area contributed by atoms with Gasteiger partial charge in [0, 0.05) is 6.07 Å². The quantitative estimate of drug-likeness (QED) is 0.703. The molecule has 1 heterocycles. The lowest BCUT2D eigenvalue weighted by atomic mass is 10.0. The molecule has 0 aromatic carbocycles. The zero-order chi connectivity index (χ0) is 15.7. The molecule has 1 aromatic heterocycles. The third kappa shape index (κ3) is 3.58. The summed E-state index contributed by atoms with van der Waals surface area (Å²) in [6.45, 7) is 4.60. The Morgan fingerprint density at radius 1 is 1.40 bits per heavy atom. The number of sulfonamides is 1. The minimum Gasteiger partial charge on any atom is -0.480 e. The van der Waals surface area contributed by atoms with Crippen molar-refractivity contribution in [1.29, 1.82) is 0 Å². The van der Waals surface area contributed by atoms with Gasteiger partial charge in [0.1, 0.15) is 16.7 Å². The van der Waals surface area contributed by atoms with Gasteiger partial charge in [0.15, 0.2) is 5.76 Å². The maximum Gasteiger partial charge on any atom is 0.326 e. The van der Waals surface area contributed by atoms with E-state index in [4.69, 9.17) is 14.7 Å². The highest BCUT2D eigenvalue weighted by molar-refractivity contribution is 7.89. The maximum atomic E-state index is 11.9. The van der Waals surface area contributed by atoms with Gasteiger partial charge in [-0.05, 0) is 12.8 Å². The average molecular weight is 304 g/mol. The molecule has 0 aliphatic rings. The third-order valence-corrected chi connectivity index (χ3v) is 3.64. The van der Waals surface area contributed by atoms with Gasteiger partial charge in [-0.2, -0.15) is 0 Å². The molecule has 0 bridgehead atoms. The van der Waals surface area contributed by atoms with E-state index in [2.05, 4.69) is 5.32 Å². The van der Waals surface area contributed by atoms with Gasteiger partial charge >= 0.3 is 5.97 Å². The molecule has 0 saturated carbocycles. The lowest BCUT2D eigenvalue weighted by Gasteiger charge is -2.16. The molecule has 8 nitrogen and oxygen atoms in total. The maximum absolute atomic E-state index is 11.9. The average Bonchev–Trinajstić information content (AvgIpc) is 2.66. The van der Waals surface area contributed by atoms with E-state index in [-0.39, 0.29) is 22.3 Å². The molecule has 20 heavy (non-hydrogen) atoms. The van der Waals surface area contributed by atoms with Crippen molar-refractivity contribution in [3.8, 4) is 0 Å². The van der Waals surface area contributed by atoms with Crippen LogP contribution in [0.25, 0.3) is 0 Å². The number of hydrogen-bond acceptors (Lipinski definition) is 5. The largest absolute Gasteiger partial charge is 0.480 e. The van der Waals surface area contributed by atoms with Gasteiger partial charge < -0.3 is 14.8 Å². The Labute approximate surface area is 116 Å². The fraction of sp³-hybridized carbons (Fsp3) is 0.455. The molecule has 1 aromatic rings. The zero-order valence-electron chi connectivity index (χ0n) is 11.2. The Morgan fingerprint density at radius 2 is 1.95 bits per heavy atom. The third-order valence-electron chi connectivity index (χ3n) is 2.62. The van der Waals surface area contributed by atoms with E-state index in [0.717, 1.165) is 6.07 Å². The first-order chi connectivity index (χ1) is 9.04. The van der Waals surface area contributed by atoms with Crippen molar-refractivity contribution in [1.82, 2.24) is 5.32 Å². The van der Waals surface area contributed by atoms with E-state index in [1.54, 1.807) is 13.8 Å². The van der Waals surface area contributed by atoms with E-state index in [0.29, 0.717) is 0 Å². The number of carboxylic acids is 1. The van der Waals surface area contributed by atoms with Crippen LogP contribution in [-0.2, 0) is 14.8 Å². The van der Waals surface area contributed by atoms with Gasteiger partial charge in [0.05, 0.1) is 0 Å². The highest BCUT2D eigenvalue weighted by Gasteiger charge is 2.27. The topological polar surface area (TPSA) is 140 Å². The summed E-state index contributed by atoms with van der Waals surface area (Å²) >= 11 is 0. The lowest BCUT2D eigenvalue weighted by Crippen LogP contribution is -2.44. The number of amides is 1. The first kappa shape index (κ1) is 16.2. The van der Waals surface area contributed by atoms with Crippen LogP contribution >= 0.6 is 0 Å². The number of nitrogens with two attached hydrogens (primary N) is 1. The second-order valence-corrected chi connectivity index (χ2v) is 6.14. The van der Waals surface area contributed by atoms with Crippen molar-refractivity contribution in [2.24, 2.45) is 11.1 Å². The summed E-state index contributed by atoms with van der Waals surface area (Å²) in [5.74, 6) is -2.69. The van der Waals surface area contributed by atoms with E-state index >= 15 is 0 Å². The number of furan rings is 1. The number of nitrogens with one attached hydrogen (secondary N) is 1. The highest BCUT2D eigenvalue weighted by Crippen LogP contribution is 2.19. The van der Waals surface area contributed by atoms with Crippen molar-refractivity contribution in [3.05, 3.63) is 17.6 Å². The van der Waals surface area contributed by atoms with E-state index in [1.165, 1.54) is 6.92 Å². The molecule has 112 valence electrons. The van der Waals surface area contributed by atoms with Crippen LogP contribution < -0.4 is 10.5 Å². The smallest absolute Gasteiger partial charge is 0.326 e. The lowest BCUT2D eigenvalue weighted by molar-refractivity contribution is -0.140. The summed E-state index contributed by atoms with van der Waals surface area (Å²) in [6, 6.07) is -0.134. The first-order valence-electron chi connectivity index (χ1n) is 5.71. The van der Waals surface area contributed by atoms with Crippen LogP contribution in [0.1, 0.15) is 30.2 Å². The number of hydrogen-bond donors (Lipinski definition) is 3. The molecule has 0 aliphatic carbocycles. The second kappa shape index (κ2) is 5.63. The van der Waals surface area contributed by atoms with Gasteiger partial charge in [-0.1, -0.05) is 13.8 Å². The van der Waals surface area contributed by atoms with Crippen molar-refractivity contribution in [2.75, 3.05) is 0 Å². The van der Waals surface area contributed by atoms with Gasteiger partial charge in [0.25, 0.3) is 5.91 Å². The summed E-state index contributed by atoms with van der Waals surface area (Å²) in [5, 5.41) is 16.2. The number of carbonyl (C=O) groups excluding carboxylic acids is 1. The standard InChI is InChI=1S/C11H16N2O6S/c1-5(2)9(11(15)16)13-10(14)7-4-8(6(3)19-7)20(12,17)18/h4-5,9H,1-3H3,(H,13,14)(H,15,16)(H2,12,17,18). The first-order valence-corrected chi connectivity index (χ1v) is 7.25. The predicted octanol–water partition coefficient (Wildman–Crippen LogP) is 0.0744. The molecular formula is C11H16N2O6S. The number of aliphatic carboxylic acids is 1. The van der Waals surface area contributed by atoms with Crippen molar-refractivity contribution in [2.45, 2.75) is 31.7 Å². The molecule has 0 fully saturated rings. The van der Waals surface area contributed by atoms with Crippen molar-refractivity contribution >= 4 is 21.9 Å². The van der Waals surface area contributed by atoms with Crippen LogP contribution in [0.2, 0.25) is 0 Å². The zero-order valence-corrected chi connectivity index (χ0v) is 12.0. The predicted molar refractivity (Wildman–Crippen MR) is 68.5 cm³/mol.